The number of hydrogen-bond acceptors (Lipinski definition) is 10. The van der Waals surface area contributed by atoms with Crippen LogP contribution in [-0.4, -0.2) is 90.5 Å². The van der Waals surface area contributed by atoms with E-state index in [0.717, 1.165) is 38.2 Å². The quantitative estimate of drug-likeness (QED) is 0.0869. The molecule has 5 N–H and O–H groups in total. The number of fused-ring (bicyclic) bond motifs is 2. The van der Waals surface area contributed by atoms with Crippen LogP contribution in [0.2, 0.25) is 0 Å². The molecule has 0 aromatic carbocycles. The second-order valence-electron chi connectivity index (χ2n) is 11.5. The van der Waals surface area contributed by atoms with Gasteiger partial charge in [-0.3, -0.25) is 4.79 Å². The molecule has 2 heterocycles. The molecule has 2 saturated heterocycles. The lowest BCUT2D eigenvalue weighted by atomic mass is 9.74. The minimum atomic E-state index is -3.83. The van der Waals surface area contributed by atoms with Crippen LogP contribution >= 0.6 is 0 Å². The number of allylic oxidation sites excluding steroid dienone is 1. The smallest absolute Gasteiger partial charge is 0.344 e. The third kappa shape index (κ3) is 7.01. The van der Waals surface area contributed by atoms with Crippen LogP contribution in [0.1, 0.15) is 91.9 Å². The van der Waals surface area contributed by atoms with Gasteiger partial charge in [-0.05, 0) is 31.1 Å². The number of unbranched alkanes of at least 4 members (excludes halogenated alkanes) is 3. The summed E-state index contributed by atoms with van der Waals surface area (Å²) in [5, 5.41) is 52.4. The molecule has 2 rings (SSSR count). The first-order valence-corrected chi connectivity index (χ1v) is 14.5. The molecule has 0 aromatic rings. The molecule has 0 radical (unpaired) electrons. The largest absolute Gasteiger partial charge is 0.479 e. The third-order valence-corrected chi connectivity index (χ3v) is 8.17. The first-order chi connectivity index (χ1) is 19.6. The van der Waals surface area contributed by atoms with Gasteiger partial charge >= 0.3 is 23.9 Å². The molecule has 0 spiro atoms. The Morgan fingerprint density at radius 2 is 1.60 bits per heavy atom. The van der Waals surface area contributed by atoms with E-state index in [0.29, 0.717) is 12.3 Å². The van der Waals surface area contributed by atoms with Crippen LogP contribution in [0.25, 0.3) is 0 Å². The van der Waals surface area contributed by atoms with Crippen molar-refractivity contribution in [3.05, 3.63) is 12.2 Å². The van der Waals surface area contributed by atoms with Crippen molar-refractivity contribution < 1.29 is 63.7 Å². The Morgan fingerprint density at radius 1 is 0.952 bits per heavy atom. The molecule has 2 aliphatic rings. The average molecular weight is 601 g/mol. The number of rotatable bonds is 18. The number of carbonyl (C=O) groups is 5. The van der Waals surface area contributed by atoms with Gasteiger partial charge in [-0.25, -0.2) is 19.2 Å². The highest BCUT2D eigenvalue weighted by Gasteiger charge is 2.85. The van der Waals surface area contributed by atoms with E-state index < -0.39 is 65.6 Å². The zero-order chi connectivity index (χ0) is 31.9. The van der Waals surface area contributed by atoms with Gasteiger partial charge in [0.1, 0.15) is 11.9 Å². The maximum Gasteiger partial charge on any atom is 0.344 e. The predicted molar refractivity (Wildman–Crippen MR) is 145 cm³/mol. The second kappa shape index (κ2) is 14.5. The molecular formula is C29H44O13. The van der Waals surface area contributed by atoms with Crippen LogP contribution in [-0.2, 0) is 38.2 Å². The van der Waals surface area contributed by atoms with Gasteiger partial charge in [0.25, 0.3) is 0 Å². The summed E-state index contributed by atoms with van der Waals surface area (Å²) in [6.45, 7) is 7.90. The number of aliphatic hydroxyl groups excluding tert-OH is 1. The molecule has 238 valence electrons. The molecule has 0 amide bonds. The number of carboxylic acids is 3. The Morgan fingerprint density at radius 3 is 2.14 bits per heavy atom. The summed E-state index contributed by atoms with van der Waals surface area (Å²) >= 11 is 0. The Bertz CT molecular complexity index is 1040. The number of ketones is 1. The number of aliphatic carboxylic acids is 3. The van der Waals surface area contributed by atoms with E-state index in [1.165, 1.54) is 6.08 Å². The first-order valence-electron chi connectivity index (χ1n) is 14.5. The molecule has 13 heteroatoms. The third-order valence-electron chi connectivity index (χ3n) is 8.17. The number of ether oxygens (including phenoxy) is 3. The van der Waals surface area contributed by atoms with Crippen molar-refractivity contribution in [1.29, 1.82) is 0 Å². The molecule has 0 aliphatic carbocycles. The molecule has 2 fully saturated rings. The summed E-state index contributed by atoms with van der Waals surface area (Å²) in [6, 6.07) is 0. The van der Waals surface area contributed by atoms with Crippen molar-refractivity contribution in [2.45, 2.75) is 127 Å². The molecule has 8 atom stereocenters. The molecule has 42 heavy (non-hydrogen) atoms. The summed E-state index contributed by atoms with van der Waals surface area (Å²) in [4.78, 5) is 62.3. The van der Waals surface area contributed by atoms with E-state index in [1.54, 1.807) is 0 Å². The number of aliphatic hydroxyl groups is 2. The number of carbonyl (C=O) groups excluding carboxylic acids is 2. The molecule has 0 saturated carbocycles. The Hall–Kier alpha value is -2.87. The minimum Gasteiger partial charge on any atom is -0.479 e. The van der Waals surface area contributed by atoms with Crippen LogP contribution in [0.5, 0.6) is 0 Å². The van der Waals surface area contributed by atoms with E-state index in [4.69, 9.17) is 14.2 Å². The van der Waals surface area contributed by atoms with Gasteiger partial charge in [-0.2, -0.15) is 0 Å². The highest BCUT2D eigenvalue weighted by Crippen LogP contribution is 2.55. The summed E-state index contributed by atoms with van der Waals surface area (Å²) < 4.78 is 16.1. The Kier molecular flexibility index (Phi) is 12.2. The van der Waals surface area contributed by atoms with E-state index in [9.17, 15) is 49.5 Å². The van der Waals surface area contributed by atoms with Crippen LogP contribution in [0.4, 0.5) is 0 Å². The monoisotopic (exact) mass is 600 g/mol. The molecule has 2 aliphatic heterocycles. The van der Waals surface area contributed by atoms with Crippen LogP contribution < -0.4 is 0 Å². The maximum absolute atomic E-state index is 12.8. The van der Waals surface area contributed by atoms with Crippen molar-refractivity contribution in [1.82, 2.24) is 0 Å². The fourth-order valence-electron chi connectivity index (χ4n) is 5.64. The highest BCUT2D eigenvalue weighted by molar-refractivity contribution is 5.98. The molecular weight excluding hydrogens is 556 g/mol. The van der Waals surface area contributed by atoms with Gasteiger partial charge in [-0.15, -0.1) is 0 Å². The molecule has 0 unspecified atom stereocenters. The van der Waals surface area contributed by atoms with Gasteiger partial charge in [-0.1, -0.05) is 59.5 Å². The number of carboxylic acid groups (broad SMARTS) is 3. The van der Waals surface area contributed by atoms with Gasteiger partial charge in [0.2, 0.25) is 23.1 Å². The van der Waals surface area contributed by atoms with Gasteiger partial charge < -0.3 is 39.7 Å². The lowest BCUT2D eigenvalue weighted by Crippen LogP contribution is -2.78. The fraction of sp³-hybridized carbons (Fsp3) is 0.759. The Balaban J connectivity index is 2.43. The van der Waals surface area contributed by atoms with E-state index in [-0.39, 0.29) is 31.0 Å². The van der Waals surface area contributed by atoms with Crippen molar-refractivity contribution in [3.63, 3.8) is 0 Å². The normalized spacial score (nSPS) is 31.9. The summed E-state index contributed by atoms with van der Waals surface area (Å²) in [7, 11) is 0. The highest BCUT2D eigenvalue weighted by atomic mass is 16.8. The standard InChI is InChI=1S/C29H44O13/c1-5-7-8-9-11-19(30)12-10-15-27-21(32)22(40-20(31)14-13-18(4)16-17(3)6-2)29(42-27,26(37)38)28(39,25(35)36)23(41-27)24(33)34/h13-14,17-18,21-23,32,39H,5-12,15-16H2,1-4H3,(H,33,34)(H,35,36)(H,37,38)/b14-13+/t17-,18+,21+,22+,23+,27-,28+,29-/m0/s1. The van der Waals surface area contributed by atoms with Crippen LogP contribution in [0, 0.1) is 11.8 Å². The molecule has 13 nitrogen and oxygen atoms in total. The lowest BCUT2D eigenvalue weighted by molar-refractivity contribution is -0.374. The topological polar surface area (TPSA) is 214 Å². The SMILES string of the molecule is CCCCCCC(=O)CCC[C@]12O[C@H](C(=O)O)[C@@](O)(C(=O)O)[C@](C(=O)O)(O1)[C@H](OC(=O)/C=C/[C@@H](C)C[C@@H](C)CC)[C@H]2O. The number of Topliss-reactive ketones (excluding diaryl/α,β-unsaturated/α-hetero) is 1. The predicted octanol–water partition coefficient (Wildman–Crippen LogP) is 2.45. The van der Waals surface area contributed by atoms with Crippen molar-refractivity contribution in [2.24, 2.45) is 11.8 Å². The molecule has 0 aromatic heterocycles. The summed E-state index contributed by atoms with van der Waals surface area (Å²) in [5.74, 6) is -10.2. The first kappa shape index (κ1) is 35.3. The minimum absolute atomic E-state index is 0.0460. The zero-order valence-corrected chi connectivity index (χ0v) is 24.6. The number of hydrogen-bond donors (Lipinski definition) is 5. The van der Waals surface area contributed by atoms with Gasteiger partial charge in [0, 0.05) is 25.3 Å². The van der Waals surface area contributed by atoms with E-state index in [2.05, 4.69) is 0 Å². The zero-order valence-electron chi connectivity index (χ0n) is 24.6. The lowest BCUT2D eigenvalue weighted by Gasteiger charge is -2.48. The Labute approximate surface area is 244 Å². The maximum atomic E-state index is 12.8. The summed E-state index contributed by atoms with van der Waals surface area (Å²) in [5.41, 5.74) is -7.31. The van der Waals surface area contributed by atoms with E-state index in [1.807, 2.05) is 27.7 Å². The second-order valence-corrected chi connectivity index (χ2v) is 11.5. The van der Waals surface area contributed by atoms with Crippen molar-refractivity contribution >= 4 is 29.7 Å². The van der Waals surface area contributed by atoms with Gasteiger partial charge in [0.05, 0.1) is 0 Å². The number of esters is 1. The van der Waals surface area contributed by atoms with Crippen LogP contribution in [0.15, 0.2) is 12.2 Å². The fourth-order valence-corrected chi connectivity index (χ4v) is 5.64. The summed E-state index contributed by atoms with van der Waals surface area (Å²) in [6.07, 6.45) is -0.0588. The van der Waals surface area contributed by atoms with Crippen LogP contribution in [0.3, 0.4) is 0 Å². The average Bonchev–Trinajstić information content (AvgIpc) is 3.13. The van der Waals surface area contributed by atoms with Crippen molar-refractivity contribution in [2.75, 3.05) is 0 Å². The van der Waals surface area contributed by atoms with E-state index >= 15 is 0 Å². The van der Waals surface area contributed by atoms with Crippen molar-refractivity contribution in [3.8, 4) is 0 Å². The molecule has 2 bridgehead atoms. The van der Waals surface area contributed by atoms with Gasteiger partial charge in [0.15, 0.2) is 6.10 Å².